The zero-order valence-corrected chi connectivity index (χ0v) is 13.2. The van der Waals surface area contributed by atoms with E-state index in [0.29, 0.717) is 21.3 Å². The van der Waals surface area contributed by atoms with E-state index in [-0.39, 0.29) is 11.7 Å². The number of hydrogen-bond donors (Lipinski definition) is 0. The van der Waals surface area contributed by atoms with Crippen LogP contribution in [0.15, 0.2) is 59.5 Å². The molecule has 0 N–H and O–H groups in total. The standard InChI is InChI=1S/C17H12FNOS2/c18-14-9-5-4-8-13(14)10-15-16(20)19(17(21)22-15)11-12-6-2-1-3-7-12/h1-10H,11H2/b15-10-. The van der Waals surface area contributed by atoms with E-state index >= 15 is 0 Å². The second kappa shape index (κ2) is 6.42. The molecule has 3 rings (SSSR count). The van der Waals surface area contributed by atoms with Crippen molar-refractivity contribution >= 4 is 40.3 Å². The third-order valence-corrected chi connectivity index (χ3v) is 4.63. The number of carbonyl (C=O) groups is 1. The summed E-state index contributed by atoms with van der Waals surface area (Å²) in [6.45, 7) is 0.431. The summed E-state index contributed by atoms with van der Waals surface area (Å²) >= 11 is 6.48. The number of carbonyl (C=O) groups excluding carboxylic acids is 1. The Morgan fingerprint density at radius 1 is 1.09 bits per heavy atom. The third-order valence-electron chi connectivity index (χ3n) is 3.25. The van der Waals surface area contributed by atoms with Crippen LogP contribution in [0.1, 0.15) is 11.1 Å². The van der Waals surface area contributed by atoms with Crippen molar-refractivity contribution in [3.05, 3.63) is 76.4 Å². The van der Waals surface area contributed by atoms with Crippen LogP contribution in [0.2, 0.25) is 0 Å². The van der Waals surface area contributed by atoms with Crippen LogP contribution in [0.4, 0.5) is 4.39 Å². The lowest BCUT2D eigenvalue weighted by molar-refractivity contribution is -0.122. The van der Waals surface area contributed by atoms with Gasteiger partial charge in [0.2, 0.25) is 0 Å². The average Bonchev–Trinajstić information content (AvgIpc) is 2.78. The lowest BCUT2D eigenvalue weighted by Gasteiger charge is -2.14. The zero-order chi connectivity index (χ0) is 15.5. The van der Waals surface area contributed by atoms with Crippen LogP contribution in [0.5, 0.6) is 0 Å². The van der Waals surface area contributed by atoms with E-state index in [1.807, 2.05) is 30.3 Å². The van der Waals surface area contributed by atoms with Gasteiger partial charge in [0.25, 0.3) is 5.91 Å². The molecule has 0 atom stereocenters. The van der Waals surface area contributed by atoms with Gasteiger partial charge in [-0.05, 0) is 17.7 Å². The average molecular weight is 329 g/mol. The van der Waals surface area contributed by atoms with Crippen molar-refractivity contribution in [3.63, 3.8) is 0 Å². The molecule has 1 aliphatic rings. The molecule has 2 aromatic carbocycles. The molecule has 0 spiro atoms. The highest BCUT2D eigenvalue weighted by Crippen LogP contribution is 2.33. The van der Waals surface area contributed by atoms with E-state index in [4.69, 9.17) is 12.2 Å². The Hall–Kier alpha value is -1.98. The van der Waals surface area contributed by atoms with Crippen LogP contribution in [-0.4, -0.2) is 15.1 Å². The molecule has 0 bridgehead atoms. The van der Waals surface area contributed by atoms with Crippen LogP contribution < -0.4 is 0 Å². The fourth-order valence-corrected chi connectivity index (χ4v) is 3.38. The highest BCUT2D eigenvalue weighted by atomic mass is 32.2. The van der Waals surface area contributed by atoms with Crippen LogP contribution in [-0.2, 0) is 11.3 Å². The van der Waals surface area contributed by atoms with Crippen LogP contribution in [0, 0.1) is 5.82 Å². The Morgan fingerprint density at radius 2 is 1.77 bits per heavy atom. The first kappa shape index (κ1) is 14.9. The Bertz CT molecular complexity index is 758. The van der Waals surface area contributed by atoms with Crippen molar-refractivity contribution in [3.8, 4) is 0 Å². The van der Waals surface area contributed by atoms with Crippen molar-refractivity contribution in [1.29, 1.82) is 0 Å². The first-order chi connectivity index (χ1) is 10.6. The molecule has 5 heteroatoms. The maximum absolute atomic E-state index is 13.7. The Morgan fingerprint density at radius 3 is 2.50 bits per heavy atom. The number of halogens is 1. The number of benzene rings is 2. The second-order valence-corrected chi connectivity index (χ2v) is 6.45. The molecule has 22 heavy (non-hydrogen) atoms. The number of thiocarbonyl (C=S) groups is 1. The molecule has 1 amide bonds. The minimum atomic E-state index is -0.351. The summed E-state index contributed by atoms with van der Waals surface area (Å²) in [5, 5.41) is 0. The molecule has 1 saturated heterocycles. The molecular weight excluding hydrogens is 317 g/mol. The van der Waals surface area contributed by atoms with Gasteiger partial charge in [-0.25, -0.2) is 4.39 Å². The molecule has 0 radical (unpaired) electrons. The van der Waals surface area contributed by atoms with Crippen molar-refractivity contribution in [2.75, 3.05) is 0 Å². The fourth-order valence-electron chi connectivity index (χ4n) is 2.14. The van der Waals surface area contributed by atoms with Gasteiger partial charge in [0.05, 0.1) is 11.4 Å². The SMILES string of the molecule is O=C1/C(=C/c2ccccc2F)SC(=S)N1Cc1ccccc1. The van der Waals surface area contributed by atoms with Crippen LogP contribution in [0.25, 0.3) is 6.08 Å². The molecular formula is C17H12FNOS2. The quantitative estimate of drug-likeness (QED) is 0.621. The minimum Gasteiger partial charge on any atom is -0.288 e. The van der Waals surface area contributed by atoms with Gasteiger partial charge in [-0.2, -0.15) is 0 Å². The smallest absolute Gasteiger partial charge is 0.266 e. The number of amides is 1. The largest absolute Gasteiger partial charge is 0.288 e. The summed E-state index contributed by atoms with van der Waals surface area (Å²) in [6.07, 6.45) is 1.56. The lowest BCUT2D eigenvalue weighted by atomic mass is 10.2. The zero-order valence-electron chi connectivity index (χ0n) is 11.5. The molecule has 2 nitrogen and oxygen atoms in total. The monoisotopic (exact) mass is 329 g/mol. The van der Waals surface area contributed by atoms with Gasteiger partial charge in [0.1, 0.15) is 10.1 Å². The van der Waals surface area contributed by atoms with E-state index in [0.717, 1.165) is 5.56 Å². The van der Waals surface area contributed by atoms with Crippen LogP contribution in [0.3, 0.4) is 0 Å². The Kier molecular flexibility index (Phi) is 4.36. The number of nitrogens with zero attached hydrogens (tertiary/aromatic N) is 1. The summed E-state index contributed by atoms with van der Waals surface area (Å²) in [7, 11) is 0. The van der Waals surface area contributed by atoms with Crippen molar-refractivity contribution in [2.24, 2.45) is 0 Å². The number of thioether (sulfide) groups is 1. The third kappa shape index (κ3) is 3.10. The molecule has 0 unspecified atom stereocenters. The Balaban J connectivity index is 1.84. The molecule has 0 aliphatic carbocycles. The topological polar surface area (TPSA) is 20.3 Å². The first-order valence-electron chi connectivity index (χ1n) is 6.69. The van der Waals surface area contributed by atoms with E-state index in [1.165, 1.54) is 17.8 Å². The van der Waals surface area contributed by atoms with E-state index < -0.39 is 0 Å². The van der Waals surface area contributed by atoms with Gasteiger partial charge in [-0.15, -0.1) is 0 Å². The predicted molar refractivity (Wildman–Crippen MR) is 91.6 cm³/mol. The normalized spacial score (nSPS) is 16.6. The van der Waals surface area contributed by atoms with Gasteiger partial charge in [-0.1, -0.05) is 72.5 Å². The van der Waals surface area contributed by atoms with Gasteiger partial charge in [-0.3, -0.25) is 9.69 Å². The van der Waals surface area contributed by atoms with Gasteiger partial charge in [0, 0.05) is 5.56 Å². The number of hydrogen-bond acceptors (Lipinski definition) is 3. The maximum atomic E-state index is 13.7. The fraction of sp³-hybridized carbons (Fsp3) is 0.0588. The first-order valence-corrected chi connectivity index (χ1v) is 7.91. The summed E-state index contributed by atoms with van der Waals surface area (Å²) < 4.78 is 14.2. The molecule has 110 valence electrons. The molecule has 0 saturated carbocycles. The van der Waals surface area contributed by atoms with Crippen LogP contribution >= 0.6 is 24.0 Å². The van der Waals surface area contributed by atoms with E-state index in [2.05, 4.69) is 0 Å². The van der Waals surface area contributed by atoms with Crippen molar-refractivity contribution in [2.45, 2.75) is 6.54 Å². The van der Waals surface area contributed by atoms with Gasteiger partial charge >= 0.3 is 0 Å². The summed E-state index contributed by atoms with van der Waals surface area (Å²) in [4.78, 5) is 14.5. The highest BCUT2D eigenvalue weighted by Gasteiger charge is 2.32. The van der Waals surface area contributed by atoms with Crippen molar-refractivity contribution in [1.82, 2.24) is 4.90 Å². The molecule has 1 fully saturated rings. The minimum absolute atomic E-state index is 0.179. The maximum Gasteiger partial charge on any atom is 0.266 e. The molecule has 1 aliphatic heterocycles. The lowest BCUT2D eigenvalue weighted by Crippen LogP contribution is -2.27. The van der Waals surface area contributed by atoms with Gasteiger partial charge < -0.3 is 0 Å². The Labute approximate surface area is 137 Å². The summed E-state index contributed by atoms with van der Waals surface area (Å²) in [6, 6.07) is 16.0. The highest BCUT2D eigenvalue weighted by molar-refractivity contribution is 8.26. The molecule has 2 aromatic rings. The predicted octanol–water partition coefficient (Wildman–Crippen LogP) is 4.23. The molecule has 1 heterocycles. The molecule has 0 aromatic heterocycles. The summed E-state index contributed by atoms with van der Waals surface area (Å²) in [5.74, 6) is -0.530. The van der Waals surface area contributed by atoms with Gasteiger partial charge in [0.15, 0.2) is 0 Å². The second-order valence-electron chi connectivity index (χ2n) is 4.77. The summed E-state index contributed by atoms with van der Waals surface area (Å²) in [5.41, 5.74) is 1.40. The van der Waals surface area contributed by atoms with Crippen molar-refractivity contribution < 1.29 is 9.18 Å². The van der Waals surface area contributed by atoms with E-state index in [9.17, 15) is 9.18 Å². The number of rotatable bonds is 3. The van der Waals surface area contributed by atoms with E-state index in [1.54, 1.807) is 29.2 Å².